The van der Waals surface area contributed by atoms with Crippen molar-refractivity contribution < 1.29 is 19.7 Å². The number of nitrogens with one attached hydrogen (secondary N) is 1. The van der Waals surface area contributed by atoms with Crippen molar-refractivity contribution in [1.29, 1.82) is 0 Å². The zero-order valence-electron chi connectivity index (χ0n) is 19.6. The maximum atomic E-state index is 11.8. The number of aliphatic carboxylic acids is 1. The molecule has 1 aromatic heterocycles. The Balaban J connectivity index is 1.46. The molecule has 2 aliphatic carbocycles. The smallest absolute Gasteiger partial charge is 0.306 e. The van der Waals surface area contributed by atoms with Gasteiger partial charge < -0.3 is 24.8 Å². The number of hydrogen-bond acceptors (Lipinski definition) is 5. The molecule has 1 aromatic carbocycles. The SMILES string of the molecule is CC1CCC2c3nc(C(O)c4cccc5c4COC5)n(C4CCCC(C(=O)O)C4)c3C=CC2N1. The molecular weight excluding hydrogens is 430 g/mol. The van der Waals surface area contributed by atoms with Crippen LogP contribution in [0.5, 0.6) is 0 Å². The van der Waals surface area contributed by atoms with Gasteiger partial charge in [0.2, 0.25) is 0 Å². The molecule has 3 heterocycles. The van der Waals surface area contributed by atoms with Crippen LogP contribution in [0.1, 0.15) is 97.4 Å². The fourth-order valence-electron chi connectivity index (χ4n) is 6.57. The monoisotopic (exact) mass is 463 g/mol. The number of aliphatic hydroxyl groups excluding tert-OH is 1. The molecule has 4 aliphatic rings. The van der Waals surface area contributed by atoms with Crippen molar-refractivity contribution >= 4 is 12.0 Å². The molecule has 2 aliphatic heterocycles. The van der Waals surface area contributed by atoms with Crippen molar-refractivity contribution in [3.8, 4) is 0 Å². The summed E-state index contributed by atoms with van der Waals surface area (Å²) in [5.74, 6) is -0.161. The minimum Gasteiger partial charge on any atom is -0.481 e. The summed E-state index contributed by atoms with van der Waals surface area (Å²) in [6.45, 7) is 3.29. The Hall–Kier alpha value is -2.48. The minimum atomic E-state index is -0.880. The molecule has 7 heteroatoms. The first-order valence-electron chi connectivity index (χ1n) is 12.7. The fraction of sp³-hybridized carbons (Fsp3) is 0.556. The number of nitrogens with zero attached hydrogens (tertiary/aromatic N) is 2. The topological polar surface area (TPSA) is 96.6 Å². The molecule has 3 N–H and O–H groups in total. The highest BCUT2D eigenvalue weighted by Crippen LogP contribution is 2.43. The van der Waals surface area contributed by atoms with E-state index in [1.807, 2.05) is 12.1 Å². The van der Waals surface area contributed by atoms with E-state index < -0.39 is 12.1 Å². The number of fused-ring (bicyclic) bond motifs is 4. The van der Waals surface area contributed by atoms with Crippen molar-refractivity contribution in [1.82, 2.24) is 14.9 Å². The van der Waals surface area contributed by atoms with Crippen LogP contribution in [0.15, 0.2) is 24.3 Å². The number of piperidine rings is 1. The Bertz CT molecular complexity index is 1140. The van der Waals surface area contributed by atoms with E-state index in [-0.39, 0.29) is 23.9 Å². The van der Waals surface area contributed by atoms with E-state index in [2.05, 4.69) is 35.0 Å². The molecule has 6 unspecified atom stereocenters. The highest BCUT2D eigenvalue weighted by atomic mass is 16.5. The number of carboxylic acids is 1. The summed E-state index contributed by atoms with van der Waals surface area (Å²) in [7, 11) is 0. The van der Waals surface area contributed by atoms with Gasteiger partial charge in [0.1, 0.15) is 11.9 Å². The molecule has 1 saturated heterocycles. The third-order valence-corrected chi connectivity index (χ3v) is 8.35. The van der Waals surface area contributed by atoms with Crippen LogP contribution in [0.2, 0.25) is 0 Å². The van der Waals surface area contributed by atoms with Crippen LogP contribution in [-0.4, -0.2) is 37.8 Å². The first kappa shape index (κ1) is 22.0. The summed E-state index contributed by atoms with van der Waals surface area (Å²) in [6.07, 6.45) is 8.71. The zero-order chi connectivity index (χ0) is 23.4. The van der Waals surface area contributed by atoms with Crippen LogP contribution < -0.4 is 5.32 Å². The van der Waals surface area contributed by atoms with E-state index in [9.17, 15) is 15.0 Å². The van der Waals surface area contributed by atoms with Crippen molar-refractivity contribution in [2.24, 2.45) is 5.92 Å². The molecule has 2 aromatic rings. The summed E-state index contributed by atoms with van der Waals surface area (Å²) in [4.78, 5) is 17.0. The lowest BCUT2D eigenvalue weighted by molar-refractivity contribution is -0.143. The number of aliphatic hydroxyl groups is 1. The number of rotatable bonds is 4. The van der Waals surface area contributed by atoms with Gasteiger partial charge in [-0.3, -0.25) is 4.79 Å². The number of benzene rings is 1. The van der Waals surface area contributed by atoms with E-state index in [1.165, 1.54) is 0 Å². The van der Waals surface area contributed by atoms with Gasteiger partial charge in [0.25, 0.3) is 0 Å². The maximum Gasteiger partial charge on any atom is 0.306 e. The first-order valence-corrected chi connectivity index (χ1v) is 12.7. The molecular formula is C27H33N3O4. The molecule has 180 valence electrons. The van der Waals surface area contributed by atoms with Crippen LogP contribution in [0, 0.1) is 5.92 Å². The van der Waals surface area contributed by atoms with Crippen molar-refractivity contribution in [2.75, 3.05) is 0 Å². The van der Waals surface area contributed by atoms with Crippen LogP contribution in [-0.2, 0) is 22.7 Å². The van der Waals surface area contributed by atoms with E-state index in [0.717, 1.165) is 53.8 Å². The molecule has 0 spiro atoms. The van der Waals surface area contributed by atoms with Crippen molar-refractivity contribution in [3.63, 3.8) is 0 Å². The zero-order valence-corrected chi connectivity index (χ0v) is 19.6. The van der Waals surface area contributed by atoms with E-state index in [0.29, 0.717) is 37.9 Å². The van der Waals surface area contributed by atoms with Gasteiger partial charge in [0.05, 0.1) is 30.5 Å². The highest BCUT2D eigenvalue weighted by molar-refractivity contribution is 5.70. The Labute approximate surface area is 199 Å². The number of carboxylic acid groups (broad SMARTS) is 1. The van der Waals surface area contributed by atoms with Crippen LogP contribution >= 0.6 is 0 Å². The van der Waals surface area contributed by atoms with Gasteiger partial charge in [0.15, 0.2) is 0 Å². The van der Waals surface area contributed by atoms with E-state index in [4.69, 9.17) is 9.72 Å². The third-order valence-electron chi connectivity index (χ3n) is 8.35. The molecule has 0 amide bonds. The Kier molecular flexibility index (Phi) is 5.59. The number of carbonyl (C=O) groups is 1. The summed E-state index contributed by atoms with van der Waals surface area (Å²) >= 11 is 0. The minimum absolute atomic E-state index is 0.0143. The predicted octanol–water partition coefficient (Wildman–Crippen LogP) is 4.06. The lowest BCUT2D eigenvalue weighted by atomic mass is 9.81. The largest absolute Gasteiger partial charge is 0.481 e. The molecule has 2 fully saturated rings. The second-order valence-electron chi connectivity index (χ2n) is 10.5. The van der Waals surface area contributed by atoms with Gasteiger partial charge in [-0.1, -0.05) is 30.7 Å². The van der Waals surface area contributed by atoms with E-state index >= 15 is 0 Å². The lowest BCUT2D eigenvalue weighted by Gasteiger charge is -2.37. The second kappa shape index (κ2) is 8.63. The normalized spacial score (nSPS) is 30.9. The van der Waals surface area contributed by atoms with Gasteiger partial charge >= 0.3 is 5.97 Å². The highest BCUT2D eigenvalue weighted by Gasteiger charge is 2.39. The van der Waals surface area contributed by atoms with Gasteiger partial charge in [-0.2, -0.15) is 0 Å². The molecule has 0 radical (unpaired) electrons. The number of aromatic nitrogens is 2. The van der Waals surface area contributed by atoms with Crippen LogP contribution in [0.3, 0.4) is 0 Å². The standard InChI is InChI=1S/C27H33N3O4/c1-15-8-9-20-22(28-15)10-11-23-24(20)29-26(30(23)18-6-2-4-16(12-18)27(32)33)25(31)19-7-3-5-17-13-34-14-21(17)19/h3,5,7,10-11,15-16,18,20,22,25,28,31H,2,4,6,8-9,12-14H2,1H3,(H,32,33). The van der Waals surface area contributed by atoms with E-state index in [1.54, 1.807) is 0 Å². The quantitative estimate of drug-likeness (QED) is 0.633. The van der Waals surface area contributed by atoms with Crippen molar-refractivity contribution in [3.05, 3.63) is 58.2 Å². The molecule has 1 saturated carbocycles. The predicted molar refractivity (Wildman–Crippen MR) is 127 cm³/mol. The lowest BCUT2D eigenvalue weighted by Crippen LogP contribution is -2.45. The van der Waals surface area contributed by atoms with Gasteiger partial charge in [-0.25, -0.2) is 4.98 Å². The Morgan fingerprint density at radius 1 is 1.24 bits per heavy atom. The first-order chi connectivity index (χ1) is 16.5. The summed E-state index contributed by atoms with van der Waals surface area (Å²) in [5.41, 5.74) is 5.11. The molecule has 7 nitrogen and oxygen atoms in total. The summed E-state index contributed by atoms with van der Waals surface area (Å²) in [6, 6.07) is 6.73. The van der Waals surface area contributed by atoms with Crippen LogP contribution in [0.25, 0.3) is 6.08 Å². The van der Waals surface area contributed by atoms with Gasteiger partial charge in [-0.05, 0) is 61.8 Å². The molecule has 0 bridgehead atoms. The second-order valence-corrected chi connectivity index (χ2v) is 10.5. The average Bonchev–Trinajstić information content (AvgIpc) is 3.48. The maximum absolute atomic E-state index is 11.8. The Morgan fingerprint density at radius 2 is 2.12 bits per heavy atom. The Morgan fingerprint density at radius 3 is 2.97 bits per heavy atom. The van der Waals surface area contributed by atoms with Gasteiger partial charge in [0, 0.05) is 24.0 Å². The van der Waals surface area contributed by atoms with Gasteiger partial charge in [-0.15, -0.1) is 0 Å². The molecule has 34 heavy (non-hydrogen) atoms. The summed E-state index contributed by atoms with van der Waals surface area (Å²) in [5, 5.41) is 25.1. The summed E-state index contributed by atoms with van der Waals surface area (Å²) < 4.78 is 7.86. The molecule has 6 rings (SSSR count). The van der Waals surface area contributed by atoms with Crippen LogP contribution in [0.4, 0.5) is 0 Å². The number of imidazole rings is 1. The third kappa shape index (κ3) is 3.61. The number of ether oxygens (including phenoxy) is 1. The van der Waals surface area contributed by atoms with Crippen molar-refractivity contribution in [2.45, 2.75) is 88.8 Å². The average molecular weight is 464 g/mol. The fourth-order valence-corrected chi connectivity index (χ4v) is 6.57. The molecule has 6 atom stereocenters. The number of hydrogen-bond donors (Lipinski definition) is 3.